The predicted octanol–water partition coefficient (Wildman–Crippen LogP) is 2.90. The quantitative estimate of drug-likeness (QED) is 0.409. The second-order valence-electron chi connectivity index (χ2n) is 8.39. The summed E-state index contributed by atoms with van der Waals surface area (Å²) >= 11 is 6.08. The molecule has 1 aliphatic rings. The first-order valence-electron chi connectivity index (χ1n) is 10.8. The fourth-order valence-corrected chi connectivity index (χ4v) is 4.76. The number of hydrogen-bond acceptors (Lipinski definition) is 7. The molecule has 0 saturated carbocycles. The van der Waals surface area contributed by atoms with Gasteiger partial charge in [-0.05, 0) is 35.0 Å². The van der Waals surface area contributed by atoms with Crippen molar-refractivity contribution in [3.63, 3.8) is 0 Å². The molecule has 13 heteroatoms. The van der Waals surface area contributed by atoms with E-state index < -0.39 is 5.82 Å². The average Bonchev–Trinajstić information content (AvgIpc) is 3.63. The molecule has 1 aliphatic heterocycles. The number of imidazole rings is 1. The van der Waals surface area contributed by atoms with Crippen molar-refractivity contribution in [1.29, 1.82) is 0 Å². The van der Waals surface area contributed by atoms with Crippen molar-refractivity contribution < 1.29 is 4.39 Å². The molecule has 2 atom stereocenters. The minimum Gasteiger partial charge on any atom is -0.339 e. The van der Waals surface area contributed by atoms with Gasteiger partial charge in [0.2, 0.25) is 0 Å². The molecule has 35 heavy (non-hydrogen) atoms. The Kier molecular flexibility index (Phi) is 4.85. The highest BCUT2D eigenvalue weighted by molar-refractivity contribution is 6.31. The maximum atomic E-state index is 15.2. The summed E-state index contributed by atoms with van der Waals surface area (Å²) in [6.45, 7) is 1.98. The predicted molar refractivity (Wildman–Crippen MR) is 124 cm³/mol. The number of aryl methyl sites for hydroxylation is 1. The van der Waals surface area contributed by atoms with E-state index in [-0.39, 0.29) is 33.8 Å². The molecule has 0 spiro atoms. The Hall–Kier alpha value is -4.19. The maximum absolute atomic E-state index is 15.2. The molecule has 0 aliphatic carbocycles. The van der Waals surface area contributed by atoms with Gasteiger partial charge in [-0.25, -0.2) is 14.4 Å². The second-order valence-corrected chi connectivity index (χ2v) is 8.80. The van der Waals surface area contributed by atoms with Crippen LogP contribution in [0.4, 0.5) is 4.39 Å². The van der Waals surface area contributed by atoms with Crippen molar-refractivity contribution >= 4 is 11.6 Å². The lowest BCUT2D eigenvalue weighted by atomic mass is 10.1. The number of nitrogens with one attached hydrogen (secondary N) is 1. The van der Waals surface area contributed by atoms with Gasteiger partial charge in [0.25, 0.3) is 5.56 Å². The van der Waals surface area contributed by atoms with E-state index in [0.717, 1.165) is 11.4 Å². The number of aromatic nitrogens is 10. The van der Waals surface area contributed by atoms with Crippen LogP contribution in [0.5, 0.6) is 0 Å². The van der Waals surface area contributed by atoms with Crippen LogP contribution in [0.25, 0.3) is 28.3 Å². The third-order valence-electron chi connectivity index (χ3n) is 6.24. The third kappa shape index (κ3) is 3.36. The first-order chi connectivity index (χ1) is 16.9. The Labute approximate surface area is 202 Å². The summed E-state index contributed by atoms with van der Waals surface area (Å²) in [7, 11) is 1.84. The molecule has 5 aromatic rings. The molecule has 1 aromatic carbocycles. The van der Waals surface area contributed by atoms with E-state index in [1.807, 2.05) is 20.0 Å². The third-order valence-corrected chi connectivity index (χ3v) is 6.53. The topological polar surface area (TPSA) is 125 Å². The number of hydrogen-bond donors (Lipinski definition) is 1. The van der Waals surface area contributed by atoms with E-state index in [4.69, 9.17) is 16.6 Å². The number of fused-ring (bicyclic) bond motifs is 1. The SMILES string of the molecule is C[C@H]1C[C@H](c2ncc(-c3ccnn3C)[nH]2)n2c1nc(-c1c(-n3cnnn3)ccc(Cl)c1F)cc2=O. The molecule has 0 radical (unpaired) electrons. The summed E-state index contributed by atoms with van der Waals surface area (Å²) in [6.07, 6.45) is 5.38. The summed E-state index contributed by atoms with van der Waals surface area (Å²) < 4.78 is 19.9. The molecule has 1 N–H and O–H groups in total. The zero-order valence-corrected chi connectivity index (χ0v) is 19.3. The largest absolute Gasteiger partial charge is 0.339 e. The minimum absolute atomic E-state index is 0.0532. The number of benzene rings is 1. The van der Waals surface area contributed by atoms with Crippen LogP contribution < -0.4 is 5.56 Å². The summed E-state index contributed by atoms with van der Waals surface area (Å²) in [5, 5.41) is 15.2. The van der Waals surface area contributed by atoms with Crippen molar-refractivity contribution in [1.82, 2.24) is 49.5 Å². The minimum atomic E-state index is -0.703. The van der Waals surface area contributed by atoms with Crippen LogP contribution in [-0.2, 0) is 7.05 Å². The second kappa shape index (κ2) is 7.94. The average molecular weight is 493 g/mol. The Balaban J connectivity index is 1.47. The van der Waals surface area contributed by atoms with Crippen LogP contribution in [0.15, 0.2) is 47.8 Å². The number of nitrogens with zero attached hydrogens (tertiary/aromatic N) is 9. The van der Waals surface area contributed by atoms with Gasteiger partial charge in [0, 0.05) is 25.2 Å². The summed E-state index contributed by atoms with van der Waals surface area (Å²) in [5.74, 6) is 0.409. The summed E-state index contributed by atoms with van der Waals surface area (Å²) in [4.78, 5) is 25.9. The number of H-pyrrole nitrogens is 1. The van der Waals surface area contributed by atoms with Gasteiger partial charge in [0.1, 0.15) is 18.0 Å². The highest BCUT2D eigenvalue weighted by Crippen LogP contribution is 2.39. The zero-order valence-electron chi connectivity index (χ0n) is 18.6. The normalized spacial score (nSPS) is 17.1. The number of rotatable bonds is 4. The fourth-order valence-electron chi connectivity index (χ4n) is 4.60. The molecule has 11 nitrogen and oxygen atoms in total. The first kappa shape index (κ1) is 21.4. The number of tetrazole rings is 1. The lowest BCUT2D eigenvalue weighted by molar-refractivity contribution is 0.555. The van der Waals surface area contributed by atoms with E-state index in [9.17, 15) is 4.79 Å². The Morgan fingerprint density at radius 3 is 2.86 bits per heavy atom. The van der Waals surface area contributed by atoms with E-state index in [1.165, 1.54) is 23.1 Å². The maximum Gasteiger partial charge on any atom is 0.254 e. The summed E-state index contributed by atoms with van der Waals surface area (Å²) in [6, 6.07) is 5.84. The molecule has 0 saturated heterocycles. The lowest BCUT2D eigenvalue weighted by Crippen LogP contribution is -2.25. The van der Waals surface area contributed by atoms with E-state index in [0.29, 0.717) is 23.8 Å². The van der Waals surface area contributed by atoms with Gasteiger partial charge in [-0.15, -0.1) is 5.10 Å². The van der Waals surface area contributed by atoms with Crippen LogP contribution in [0, 0.1) is 5.82 Å². The Morgan fingerprint density at radius 2 is 2.11 bits per heavy atom. The molecule has 5 heterocycles. The molecule has 4 aromatic heterocycles. The van der Waals surface area contributed by atoms with E-state index in [2.05, 4.69) is 30.6 Å². The Bertz CT molecular complexity index is 1620. The highest BCUT2D eigenvalue weighted by atomic mass is 35.5. The van der Waals surface area contributed by atoms with Crippen LogP contribution in [0.1, 0.15) is 37.0 Å². The van der Waals surface area contributed by atoms with Gasteiger partial charge in [0.05, 0.1) is 45.6 Å². The van der Waals surface area contributed by atoms with Gasteiger partial charge < -0.3 is 4.98 Å². The van der Waals surface area contributed by atoms with Gasteiger partial charge in [-0.1, -0.05) is 18.5 Å². The van der Waals surface area contributed by atoms with Crippen LogP contribution in [-0.4, -0.2) is 49.5 Å². The van der Waals surface area contributed by atoms with Gasteiger partial charge in [0.15, 0.2) is 5.82 Å². The smallest absolute Gasteiger partial charge is 0.254 e. The van der Waals surface area contributed by atoms with Gasteiger partial charge in [-0.2, -0.15) is 9.78 Å². The molecule has 0 bridgehead atoms. The molecular weight excluding hydrogens is 475 g/mol. The van der Waals surface area contributed by atoms with E-state index in [1.54, 1.807) is 27.7 Å². The van der Waals surface area contributed by atoms with Crippen molar-refractivity contribution in [3.05, 3.63) is 75.8 Å². The fraction of sp³-hybridized carbons (Fsp3) is 0.227. The lowest BCUT2D eigenvalue weighted by Gasteiger charge is -2.15. The van der Waals surface area contributed by atoms with Crippen molar-refractivity contribution in [2.24, 2.45) is 7.05 Å². The molecule has 6 rings (SSSR count). The Morgan fingerprint density at radius 1 is 1.26 bits per heavy atom. The molecule has 0 amide bonds. The van der Waals surface area contributed by atoms with Gasteiger partial charge in [-0.3, -0.25) is 14.0 Å². The monoisotopic (exact) mass is 492 g/mol. The van der Waals surface area contributed by atoms with Crippen molar-refractivity contribution in [2.45, 2.75) is 25.3 Å². The zero-order chi connectivity index (χ0) is 24.3. The highest BCUT2D eigenvalue weighted by Gasteiger charge is 2.34. The molecule has 0 fully saturated rings. The standard InChI is InChI=1S/C22H18ClFN10O/c1-11-7-17(21-25-9-14(28-21)15-5-6-27-32(15)2)34-18(35)8-13(29-22(11)34)19-16(33-10-26-30-31-33)4-3-12(23)20(19)24/h3-6,8-11,17H,7H2,1-2H3,(H,25,28)/t11-,17+/m0/s1. The number of aromatic amines is 1. The molecule has 176 valence electrons. The van der Waals surface area contributed by atoms with Crippen molar-refractivity contribution in [3.8, 4) is 28.3 Å². The van der Waals surface area contributed by atoms with E-state index >= 15 is 4.39 Å². The summed E-state index contributed by atoms with van der Waals surface area (Å²) in [5.41, 5.74) is 1.89. The van der Waals surface area contributed by atoms with Crippen molar-refractivity contribution in [2.75, 3.05) is 0 Å². The van der Waals surface area contributed by atoms with Crippen LogP contribution in [0.2, 0.25) is 5.02 Å². The number of halogens is 2. The molecule has 0 unspecified atom stereocenters. The van der Waals surface area contributed by atoms with Gasteiger partial charge >= 0.3 is 0 Å². The van der Waals surface area contributed by atoms with Crippen LogP contribution >= 0.6 is 11.6 Å². The van der Waals surface area contributed by atoms with Crippen LogP contribution in [0.3, 0.4) is 0 Å². The first-order valence-corrected chi connectivity index (χ1v) is 11.2. The molecular formula is C22H18ClFN10O.